The predicted molar refractivity (Wildman–Crippen MR) is 75.2 cm³/mol. The van der Waals surface area contributed by atoms with Crippen LogP contribution in [0, 0.1) is 0 Å². The topological polar surface area (TPSA) is 119 Å². The SMILES string of the molecule is O=C(NCC[C@H](O)C(=O)O)c1cc2ccccc2c(=O)[nH]1. The van der Waals surface area contributed by atoms with Crippen molar-refractivity contribution in [2.45, 2.75) is 12.5 Å². The number of aromatic nitrogens is 1. The molecule has 0 aliphatic carbocycles. The number of H-pyrrole nitrogens is 1. The summed E-state index contributed by atoms with van der Waals surface area (Å²) in [5.74, 6) is -1.88. The third-order valence-corrected chi connectivity index (χ3v) is 2.99. The Hall–Kier alpha value is -2.67. The summed E-state index contributed by atoms with van der Waals surface area (Å²) in [6.07, 6.45) is -1.64. The number of amides is 1. The molecular weight excluding hydrogens is 276 g/mol. The minimum atomic E-state index is -1.53. The fourth-order valence-corrected chi connectivity index (χ4v) is 1.87. The van der Waals surface area contributed by atoms with E-state index in [1.807, 2.05) is 0 Å². The van der Waals surface area contributed by atoms with Crippen molar-refractivity contribution in [1.82, 2.24) is 10.3 Å². The van der Waals surface area contributed by atoms with E-state index in [-0.39, 0.29) is 24.2 Å². The molecule has 1 amide bonds. The monoisotopic (exact) mass is 290 g/mol. The largest absolute Gasteiger partial charge is 0.479 e. The number of hydrogen-bond donors (Lipinski definition) is 4. The number of fused-ring (bicyclic) bond motifs is 1. The molecule has 7 heteroatoms. The summed E-state index contributed by atoms with van der Waals surface area (Å²) in [6.45, 7) is -0.0127. The van der Waals surface area contributed by atoms with Crippen LogP contribution in [0.15, 0.2) is 35.1 Å². The first-order chi connectivity index (χ1) is 9.99. The summed E-state index contributed by atoms with van der Waals surface area (Å²) in [5, 5.41) is 21.2. The van der Waals surface area contributed by atoms with Gasteiger partial charge in [-0.1, -0.05) is 18.2 Å². The van der Waals surface area contributed by atoms with Gasteiger partial charge in [0.2, 0.25) is 0 Å². The first-order valence-corrected chi connectivity index (χ1v) is 6.30. The van der Waals surface area contributed by atoms with Crippen LogP contribution in [0.1, 0.15) is 16.9 Å². The second-order valence-electron chi connectivity index (χ2n) is 4.50. The Balaban J connectivity index is 2.10. The van der Waals surface area contributed by atoms with Crippen molar-refractivity contribution in [3.63, 3.8) is 0 Å². The average molecular weight is 290 g/mol. The van der Waals surface area contributed by atoms with Gasteiger partial charge in [-0.15, -0.1) is 0 Å². The molecule has 2 rings (SSSR count). The number of rotatable bonds is 5. The number of aliphatic carboxylic acids is 1. The third kappa shape index (κ3) is 3.46. The maximum Gasteiger partial charge on any atom is 0.332 e. The standard InChI is InChI=1S/C14H14N2O5/c17-11(14(20)21)5-6-15-13(19)10-7-8-3-1-2-4-9(8)12(18)16-10/h1-4,7,11,17H,5-6H2,(H,15,19)(H,16,18)(H,20,21)/t11-/m0/s1. The first-order valence-electron chi connectivity index (χ1n) is 6.30. The van der Waals surface area contributed by atoms with Crippen LogP contribution >= 0.6 is 0 Å². The van der Waals surface area contributed by atoms with E-state index in [1.54, 1.807) is 30.3 Å². The van der Waals surface area contributed by atoms with E-state index < -0.39 is 18.0 Å². The van der Waals surface area contributed by atoms with Gasteiger partial charge in [0.25, 0.3) is 11.5 Å². The highest BCUT2D eigenvalue weighted by atomic mass is 16.4. The summed E-state index contributed by atoms with van der Waals surface area (Å²) in [6, 6.07) is 8.39. The van der Waals surface area contributed by atoms with Gasteiger partial charge in [-0.05, 0) is 17.5 Å². The van der Waals surface area contributed by atoms with Crippen LogP contribution in [0.25, 0.3) is 10.8 Å². The molecule has 0 saturated carbocycles. The fourth-order valence-electron chi connectivity index (χ4n) is 1.87. The highest BCUT2D eigenvalue weighted by Crippen LogP contribution is 2.09. The number of nitrogens with one attached hydrogen (secondary N) is 2. The first kappa shape index (κ1) is 14.7. The number of benzene rings is 1. The van der Waals surface area contributed by atoms with Gasteiger partial charge in [0.1, 0.15) is 5.69 Å². The van der Waals surface area contributed by atoms with Crippen molar-refractivity contribution in [3.05, 3.63) is 46.4 Å². The molecule has 0 fully saturated rings. The normalized spacial score (nSPS) is 12.0. The van der Waals surface area contributed by atoms with Gasteiger partial charge in [0.15, 0.2) is 6.10 Å². The molecule has 0 aliphatic heterocycles. The lowest BCUT2D eigenvalue weighted by Gasteiger charge is -2.08. The molecule has 0 radical (unpaired) electrons. The summed E-state index contributed by atoms with van der Waals surface area (Å²) >= 11 is 0. The quantitative estimate of drug-likeness (QED) is 0.622. The van der Waals surface area contributed by atoms with Crippen molar-refractivity contribution in [2.75, 3.05) is 6.54 Å². The fraction of sp³-hybridized carbons (Fsp3) is 0.214. The zero-order valence-corrected chi connectivity index (χ0v) is 11.0. The molecule has 7 nitrogen and oxygen atoms in total. The van der Waals surface area contributed by atoms with E-state index in [0.29, 0.717) is 10.8 Å². The maximum atomic E-state index is 11.9. The lowest BCUT2D eigenvalue weighted by atomic mass is 10.1. The van der Waals surface area contributed by atoms with Crippen molar-refractivity contribution >= 4 is 22.6 Å². The Kier molecular flexibility index (Phi) is 4.34. The van der Waals surface area contributed by atoms with Gasteiger partial charge >= 0.3 is 5.97 Å². The van der Waals surface area contributed by atoms with Crippen LogP contribution in [0.3, 0.4) is 0 Å². The minimum absolute atomic E-state index is 0.0127. The van der Waals surface area contributed by atoms with Crippen LogP contribution in [-0.2, 0) is 4.79 Å². The summed E-state index contributed by atoms with van der Waals surface area (Å²) < 4.78 is 0. The molecule has 1 heterocycles. The Morgan fingerprint density at radius 3 is 2.71 bits per heavy atom. The summed E-state index contributed by atoms with van der Waals surface area (Å²) in [4.78, 5) is 36.6. The number of carbonyl (C=O) groups is 2. The average Bonchev–Trinajstić information content (AvgIpc) is 2.46. The molecule has 1 aromatic heterocycles. The van der Waals surface area contributed by atoms with Gasteiger partial charge in [-0.2, -0.15) is 0 Å². The van der Waals surface area contributed by atoms with Crippen LogP contribution in [-0.4, -0.2) is 39.7 Å². The smallest absolute Gasteiger partial charge is 0.332 e. The van der Waals surface area contributed by atoms with Gasteiger partial charge in [-0.3, -0.25) is 9.59 Å². The van der Waals surface area contributed by atoms with E-state index in [9.17, 15) is 14.4 Å². The molecule has 0 saturated heterocycles. The number of pyridine rings is 1. The molecule has 4 N–H and O–H groups in total. The zero-order valence-electron chi connectivity index (χ0n) is 11.0. The van der Waals surface area contributed by atoms with Crippen molar-refractivity contribution in [1.29, 1.82) is 0 Å². The number of carboxylic acid groups (broad SMARTS) is 1. The molecule has 0 unspecified atom stereocenters. The molecule has 1 atom stereocenters. The Morgan fingerprint density at radius 1 is 1.29 bits per heavy atom. The Morgan fingerprint density at radius 2 is 2.00 bits per heavy atom. The molecule has 0 aliphatic rings. The van der Waals surface area contributed by atoms with Gasteiger partial charge in [0, 0.05) is 18.4 Å². The van der Waals surface area contributed by atoms with Crippen LogP contribution < -0.4 is 10.9 Å². The number of carboxylic acids is 1. The van der Waals surface area contributed by atoms with E-state index in [0.717, 1.165) is 0 Å². The Bertz CT molecular complexity index is 737. The Labute approximate surface area is 119 Å². The molecule has 110 valence electrons. The van der Waals surface area contributed by atoms with Gasteiger partial charge in [-0.25, -0.2) is 4.79 Å². The number of aliphatic hydroxyl groups is 1. The third-order valence-electron chi connectivity index (χ3n) is 2.99. The molecule has 0 bridgehead atoms. The predicted octanol–water partition coefficient (Wildman–Crippen LogP) is 0.0935. The number of hydrogen-bond acceptors (Lipinski definition) is 4. The zero-order chi connectivity index (χ0) is 15.4. The van der Waals surface area contributed by atoms with E-state index in [2.05, 4.69) is 10.3 Å². The van der Waals surface area contributed by atoms with Crippen LogP contribution in [0.4, 0.5) is 0 Å². The molecule has 2 aromatic rings. The number of aliphatic hydroxyl groups excluding tert-OH is 1. The van der Waals surface area contributed by atoms with Crippen molar-refractivity contribution in [2.24, 2.45) is 0 Å². The van der Waals surface area contributed by atoms with E-state index >= 15 is 0 Å². The lowest BCUT2D eigenvalue weighted by molar-refractivity contribution is -0.146. The van der Waals surface area contributed by atoms with Gasteiger partial charge < -0.3 is 20.5 Å². The van der Waals surface area contributed by atoms with Crippen LogP contribution in [0.2, 0.25) is 0 Å². The number of aromatic amines is 1. The second kappa shape index (κ2) is 6.19. The minimum Gasteiger partial charge on any atom is -0.479 e. The highest BCUT2D eigenvalue weighted by Gasteiger charge is 2.14. The lowest BCUT2D eigenvalue weighted by Crippen LogP contribution is -2.31. The summed E-state index contributed by atoms with van der Waals surface area (Å²) in [7, 11) is 0. The number of carbonyl (C=O) groups excluding carboxylic acids is 1. The second-order valence-corrected chi connectivity index (χ2v) is 4.50. The van der Waals surface area contributed by atoms with Crippen molar-refractivity contribution in [3.8, 4) is 0 Å². The highest BCUT2D eigenvalue weighted by molar-refractivity contribution is 5.96. The maximum absolute atomic E-state index is 11.9. The van der Waals surface area contributed by atoms with Gasteiger partial charge in [0.05, 0.1) is 0 Å². The van der Waals surface area contributed by atoms with E-state index in [1.165, 1.54) is 0 Å². The van der Waals surface area contributed by atoms with Crippen LogP contribution in [0.5, 0.6) is 0 Å². The molecular formula is C14H14N2O5. The molecule has 0 spiro atoms. The van der Waals surface area contributed by atoms with Crippen molar-refractivity contribution < 1.29 is 19.8 Å². The molecule has 21 heavy (non-hydrogen) atoms. The summed E-state index contributed by atoms with van der Waals surface area (Å²) in [5.41, 5.74) is -0.285. The molecule has 1 aromatic carbocycles. The van der Waals surface area contributed by atoms with E-state index in [4.69, 9.17) is 10.2 Å².